The largest absolute Gasteiger partial charge is 0.298 e. The Hall–Kier alpha value is -3.98. The van der Waals surface area contributed by atoms with Gasteiger partial charge in [-0.3, -0.25) is 20.2 Å². The van der Waals surface area contributed by atoms with Crippen molar-refractivity contribution >= 4 is 28.1 Å². The number of carbonyl (C=O) groups excluding carboxylic acids is 1. The van der Waals surface area contributed by atoms with Gasteiger partial charge in [-0.05, 0) is 54.1 Å². The van der Waals surface area contributed by atoms with Gasteiger partial charge in [0, 0.05) is 34.6 Å². The molecule has 0 aliphatic rings. The minimum absolute atomic E-state index is 0.0101. The van der Waals surface area contributed by atoms with E-state index in [1.54, 1.807) is 24.3 Å². The molecule has 160 valence electrons. The smallest absolute Gasteiger partial charge is 0.269 e. The van der Waals surface area contributed by atoms with Crippen LogP contribution in [0, 0.1) is 21.7 Å². The molecule has 0 aliphatic heterocycles. The Bertz CT molecular complexity index is 1270. The number of nitro groups is 1. The van der Waals surface area contributed by atoms with Gasteiger partial charge < -0.3 is 0 Å². The van der Waals surface area contributed by atoms with Gasteiger partial charge in [0.15, 0.2) is 5.13 Å². The van der Waals surface area contributed by atoms with Crippen LogP contribution in [0.3, 0.4) is 0 Å². The summed E-state index contributed by atoms with van der Waals surface area (Å²) in [5, 5.41) is 13.9. The van der Waals surface area contributed by atoms with Gasteiger partial charge in [0.05, 0.1) is 10.6 Å². The van der Waals surface area contributed by atoms with Gasteiger partial charge in [0.2, 0.25) is 0 Å². The fraction of sp³-hybridized carbons (Fsp3) is 0.0435. The van der Waals surface area contributed by atoms with Gasteiger partial charge in [-0.25, -0.2) is 13.8 Å². The predicted octanol–water partition coefficient (Wildman–Crippen LogP) is 5.84. The van der Waals surface area contributed by atoms with Crippen LogP contribution in [-0.2, 0) is 6.42 Å². The van der Waals surface area contributed by atoms with Crippen molar-refractivity contribution in [1.29, 1.82) is 0 Å². The average molecular weight is 451 g/mol. The quantitative estimate of drug-likeness (QED) is 0.295. The zero-order valence-corrected chi connectivity index (χ0v) is 17.2. The first-order chi connectivity index (χ1) is 15.4. The molecule has 0 unspecified atom stereocenters. The molecule has 0 radical (unpaired) electrons. The van der Waals surface area contributed by atoms with E-state index in [2.05, 4.69) is 10.3 Å². The fourth-order valence-corrected chi connectivity index (χ4v) is 4.06. The number of halogens is 2. The molecule has 0 saturated heterocycles. The highest BCUT2D eigenvalue weighted by molar-refractivity contribution is 7.16. The number of hydrogen-bond donors (Lipinski definition) is 1. The molecular formula is C23H15F2N3O3S. The minimum Gasteiger partial charge on any atom is -0.298 e. The lowest BCUT2D eigenvalue weighted by atomic mass is 10.1. The van der Waals surface area contributed by atoms with Crippen LogP contribution in [0.2, 0.25) is 0 Å². The summed E-state index contributed by atoms with van der Waals surface area (Å²) in [6.45, 7) is 0. The number of nitrogens with one attached hydrogen (secondary N) is 1. The number of rotatable bonds is 6. The van der Waals surface area contributed by atoms with Crippen LogP contribution >= 0.6 is 11.3 Å². The summed E-state index contributed by atoms with van der Waals surface area (Å²) < 4.78 is 26.5. The summed E-state index contributed by atoms with van der Waals surface area (Å²) >= 11 is 1.25. The first-order valence-corrected chi connectivity index (χ1v) is 10.3. The number of anilines is 1. The van der Waals surface area contributed by atoms with E-state index in [-0.39, 0.29) is 17.1 Å². The second-order valence-electron chi connectivity index (χ2n) is 6.86. The van der Waals surface area contributed by atoms with Crippen molar-refractivity contribution in [3.8, 4) is 11.3 Å². The van der Waals surface area contributed by atoms with Gasteiger partial charge in [0.1, 0.15) is 11.6 Å². The van der Waals surface area contributed by atoms with Crippen molar-refractivity contribution in [2.75, 3.05) is 5.32 Å². The molecule has 1 heterocycles. The van der Waals surface area contributed by atoms with Crippen LogP contribution in [0.4, 0.5) is 19.6 Å². The van der Waals surface area contributed by atoms with E-state index in [1.807, 2.05) is 0 Å². The number of carbonyl (C=O) groups is 1. The number of nitro benzene ring substituents is 1. The molecule has 0 spiro atoms. The number of hydrogen-bond acceptors (Lipinski definition) is 5. The van der Waals surface area contributed by atoms with Crippen LogP contribution in [0.15, 0.2) is 72.8 Å². The zero-order valence-electron chi connectivity index (χ0n) is 16.4. The van der Waals surface area contributed by atoms with E-state index in [4.69, 9.17) is 0 Å². The molecule has 32 heavy (non-hydrogen) atoms. The summed E-state index contributed by atoms with van der Waals surface area (Å²) in [6.07, 6.45) is 0.411. The van der Waals surface area contributed by atoms with E-state index in [1.165, 1.54) is 59.9 Å². The third-order valence-corrected chi connectivity index (χ3v) is 5.62. The number of nitrogens with zero attached hydrogens (tertiary/aromatic N) is 2. The SMILES string of the molecule is O=C(Nc1nc(-c2ccc(F)cc2)c(Cc2ccc([N+](=O)[O-])cc2)s1)c1ccc(F)cc1. The van der Waals surface area contributed by atoms with Gasteiger partial charge in [0.25, 0.3) is 11.6 Å². The van der Waals surface area contributed by atoms with Crippen molar-refractivity contribution in [1.82, 2.24) is 4.98 Å². The summed E-state index contributed by atoms with van der Waals surface area (Å²) in [5.74, 6) is -1.27. The molecule has 4 aromatic rings. The topological polar surface area (TPSA) is 85.1 Å². The Balaban J connectivity index is 1.65. The minimum atomic E-state index is -0.469. The van der Waals surface area contributed by atoms with Crippen LogP contribution in [-0.4, -0.2) is 15.8 Å². The predicted molar refractivity (Wildman–Crippen MR) is 118 cm³/mol. The fourth-order valence-electron chi connectivity index (χ4n) is 3.05. The Kier molecular flexibility index (Phi) is 6.00. The zero-order chi connectivity index (χ0) is 22.7. The molecule has 1 aromatic heterocycles. The Morgan fingerprint density at radius 1 is 0.938 bits per heavy atom. The number of non-ortho nitro benzene ring substituents is 1. The van der Waals surface area contributed by atoms with E-state index in [0.29, 0.717) is 22.8 Å². The average Bonchev–Trinajstić information content (AvgIpc) is 3.17. The Morgan fingerprint density at radius 2 is 1.53 bits per heavy atom. The molecule has 1 amide bonds. The first kappa shape index (κ1) is 21.3. The van der Waals surface area contributed by atoms with Crippen LogP contribution in [0.5, 0.6) is 0 Å². The van der Waals surface area contributed by atoms with Crippen molar-refractivity contribution < 1.29 is 18.5 Å². The first-order valence-electron chi connectivity index (χ1n) is 9.45. The summed E-state index contributed by atoms with van der Waals surface area (Å²) in [5.41, 5.74) is 2.33. The molecule has 9 heteroatoms. The lowest BCUT2D eigenvalue weighted by Crippen LogP contribution is -2.11. The van der Waals surface area contributed by atoms with Gasteiger partial charge in [-0.2, -0.15) is 0 Å². The molecule has 0 atom stereocenters. The molecule has 0 fully saturated rings. The lowest BCUT2D eigenvalue weighted by molar-refractivity contribution is -0.384. The normalized spacial score (nSPS) is 10.7. The van der Waals surface area contributed by atoms with Crippen LogP contribution in [0.25, 0.3) is 11.3 Å². The second-order valence-corrected chi connectivity index (χ2v) is 7.94. The van der Waals surface area contributed by atoms with Crippen molar-refractivity contribution in [3.63, 3.8) is 0 Å². The highest BCUT2D eigenvalue weighted by Crippen LogP contribution is 2.33. The van der Waals surface area contributed by atoms with Crippen molar-refractivity contribution in [2.24, 2.45) is 0 Å². The van der Waals surface area contributed by atoms with Crippen LogP contribution < -0.4 is 5.32 Å². The number of benzene rings is 3. The Morgan fingerprint density at radius 3 is 2.12 bits per heavy atom. The highest BCUT2D eigenvalue weighted by atomic mass is 32.1. The van der Waals surface area contributed by atoms with Gasteiger partial charge in [-0.1, -0.05) is 12.1 Å². The monoisotopic (exact) mass is 451 g/mol. The molecule has 1 N–H and O–H groups in total. The Labute approximate surface area is 185 Å². The maximum Gasteiger partial charge on any atom is 0.269 e. The molecular weight excluding hydrogens is 436 g/mol. The molecule has 3 aromatic carbocycles. The molecule has 0 aliphatic carbocycles. The highest BCUT2D eigenvalue weighted by Gasteiger charge is 2.17. The number of aromatic nitrogens is 1. The molecule has 0 saturated carbocycles. The van der Waals surface area contributed by atoms with E-state index in [0.717, 1.165) is 10.4 Å². The summed E-state index contributed by atoms with van der Waals surface area (Å²) in [4.78, 5) is 28.2. The molecule has 0 bridgehead atoms. The lowest BCUT2D eigenvalue weighted by Gasteiger charge is -2.03. The maximum absolute atomic E-state index is 13.4. The van der Waals surface area contributed by atoms with E-state index < -0.39 is 16.6 Å². The number of amides is 1. The van der Waals surface area contributed by atoms with E-state index in [9.17, 15) is 23.7 Å². The standard InChI is InChI=1S/C23H15F2N3O3S/c24-17-7-3-15(4-8-17)21-20(13-14-1-11-19(12-2-14)28(30)31)32-23(26-21)27-22(29)16-5-9-18(25)10-6-16/h1-12H,13H2,(H,26,27,29). The summed E-state index contributed by atoms with van der Waals surface area (Å²) in [7, 11) is 0. The summed E-state index contributed by atoms with van der Waals surface area (Å²) in [6, 6.07) is 17.1. The second kappa shape index (κ2) is 9.03. The molecule has 6 nitrogen and oxygen atoms in total. The third-order valence-electron chi connectivity index (χ3n) is 4.65. The van der Waals surface area contributed by atoms with E-state index >= 15 is 0 Å². The third kappa shape index (κ3) is 4.84. The van der Waals surface area contributed by atoms with Crippen molar-refractivity contribution in [3.05, 3.63) is 111 Å². The van der Waals surface area contributed by atoms with Gasteiger partial charge in [-0.15, -0.1) is 11.3 Å². The number of thiazole rings is 1. The van der Waals surface area contributed by atoms with Crippen LogP contribution in [0.1, 0.15) is 20.8 Å². The maximum atomic E-state index is 13.4. The molecule has 4 rings (SSSR count). The van der Waals surface area contributed by atoms with Crippen molar-refractivity contribution in [2.45, 2.75) is 6.42 Å². The van der Waals surface area contributed by atoms with Gasteiger partial charge >= 0.3 is 0 Å².